The lowest BCUT2D eigenvalue weighted by Crippen LogP contribution is -2.01. The van der Waals surface area contributed by atoms with Gasteiger partial charge in [-0.05, 0) is 24.3 Å². The van der Waals surface area contributed by atoms with Crippen molar-refractivity contribution in [2.24, 2.45) is 5.92 Å². The van der Waals surface area contributed by atoms with E-state index >= 15 is 0 Å². The Labute approximate surface area is 89.5 Å². The van der Waals surface area contributed by atoms with E-state index < -0.39 is 0 Å². The van der Waals surface area contributed by atoms with Gasteiger partial charge >= 0.3 is 0 Å². The molecule has 72 valence electrons. The molecule has 1 aromatic carbocycles. The Kier molecular flexibility index (Phi) is 5.14. The highest BCUT2D eigenvalue weighted by Crippen LogP contribution is 2.14. The monoisotopic (exact) mass is 240 g/mol. The van der Waals surface area contributed by atoms with Gasteiger partial charge < -0.3 is 0 Å². The van der Waals surface area contributed by atoms with Crippen LogP contribution in [0.15, 0.2) is 30.3 Å². The Morgan fingerprint density at radius 2 is 1.92 bits per heavy atom. The Hall–Kier alpha value is -0.300. The van der Waals surface area contributed by atoms with Crippen LogP contribution in [0, 0.1) is 5.92 Å². The summed E-state index contributed by atoms with van der Waals surface area (Å²) in [5.41, 5.74) is 1.46. The molecule has 0 unspecified atom stereocenters. The molecule has 0 aliphatic carbocycles. The minimum Gasteiger partial charge on any atom is -0.0925 e. The summed E-state index contributed by atoms with van der Waals surface area (Å²) in [7, 11) is 0. The smallest absolute Gasteiger partial charge is 0.00596 e. The highest BCUT2D eigenvalue weighted by molar-refractivity contribution is 9.09. The Bertz CT molecular complexity index is 214. The second kappa shape index (κ2) is 6.20. The number of hydrogen-bond acceptors (Lipinski definition) is 0. The van der Waals surface area contributed by atoms with Crippen LogP contribution in [0.4, 0.5) is 0 Å². The predicted molar refractivity (Wildman–Crippen MR) is 62.3 cm³/mol. The molecule has 0 radical (unpaired) electrons. The van der Waals surface area contributed by atoms with Crippen LogP contribution in [0.3, 0.4) is 0 Å². The SMILES string of the molecule is CC[C@@H](CBr)CCc1ccccc1. The molecule has 0 aromatic heterocycles. The van der Waals surface area contributed by atoms with Crippen molar-refractivity contribution in [1.82, 2.24) is 0 Å². The highest BCUT2D eigenvalue weighted by atomic mass is 79.9. The van der Waals surface area contributed by atoms with Crippen LogP contribution in [0.2, 0.25) is 0 Å². The van der Waals surface area contributed by atoms with Gasteiger partial charge in [0.05, 0.1) is 0 Å². The molecule has 0 aliphatic rings. The molecule has 0 spiro atoms. The van der Waals surface area contributed by atoms with E-state index in [2.05, 4.69) is 53.2 Å². The molecule has 0 aliphatic heterocycles. The van der Waals surface area contributed by atoms with Crippen LogP contribution in [-0.2, 0) is 6.42 Å². The van der Waals surface area contributed by atoms with Crippen LogP contribution in [0.5, 0.6) is 0 Å². The van der Waals surface area contributed by atoms with E-state index in [1.54, 1.807) is 0 Å². The Morgan fingerprint density at radius 1 is 1.23 bits per heavy atom. The van der Waals surface area contributed by atoms with Crippen molar-refractivity contribution in [3.8, 4) is 0 Å². The fourth-order valence-electron chi connectivity index (χ4n) is 1.41. The normalized spacial score (nSPS) is 12.8. The third-order valence-corrected chi connectivity index (χ3v) is 3.40. The number of aryl methyl sites for hydroxylation is 1. The van der Waals surface area contributed by atoms with Crippen LogP contribution in [0.25, 0.3) is 0 Å². The molecule has 1 aromatic rings. The summed E-state index contributed by atoms with van der Waals surface area (Å²) in [6, 6.07) is 10.7. The number of benzene rings is 1. The molecular weight excluding hydrogens is 224 g/mol. The molecule has 0 saturated heterocycles. The summed E-state index contributed by atoms with van der Waals surface area (Å²) in [6.45, 7) is 2.26. The van der Waals surface area contributed by atoms with Gasteiger partial charge in [0.15, 0.2) is 0 Å². The Balaban J connectivity index is 2.34. The second-order valence-electron chi connectivity index (χ2n) is 3.45. The zero-order chi connectivity index (χ0) is 9.52. The van der Waals surface area contributed by atoms with Crippen molar-refractivity contribution >= 4 is 15.9 Å². The molecule has 1 atom stereocenters. The average Bonchev–Trinajstić information content (AvgIpc) is 2.21. The maximum absolute atomic E-state index is 3.55. The van der Waals surface area contributed by atoms with Crippen LogP contribution < -0.4 is 0 Å². The van der Waals surface area contributed by atoms with Crippen LogP contribution >= 0.6 is 15.9 Å². The van der Waals surface area contributed by atoms with Gasteiger partial charge in [0.25, 0.3) is 0 Å². The van der Waals surface area contributed by atoms with Gasteiger partial charge in [-0.25, -0.2) is 0 Å². The molecule has 13 heavy (non-hydrogen) atoms. The third-order valence-electron chi connectivity index (χ3n) is 2.48. The maximum atomic E-state index is 3.55. The van der Waals surface area contributed by atoms with Gasteiger partial charge in [-0.2, -0.15) is 0 Å². The fraction of sp³-hybridized carbons (Fsp3) is 0.500. The van der Waals surface area contributed by atoms with Gasteiger partial charge in [0, 0.05) is 5.33 Å². The largest absolute Gasteiger partial charge is 0.0925 e. The summed E-state index contributed by atoms with van der Waals surface area (Å²) in [5.74, 6) is 0.834. The van der Waals surface area contributed by atoms with Crippen molar-refractivity contribution < 1.29 is 0 Å². The number of halogens is 1. The first-order chi connectivity index (χ1) is 6.36. The van der Waals surface area contributed by atoms with E-state index in [-0.39, 0.29) is 0 Å². The summed E-state index contributed by atoms with van der Waals surface area (Å²) in [6.07, 6.45) is 3.79. The molecule has 0 amide bonds. The lowest BCUT2D eigenvalue weighted by molar-refractivity contribution is 0.528. The lowest BCUT2D eigenvalue weighted by atomic mass is 9.99. The molecular formula is C12H17Br. The first-order valence-corrected chi connectivity index (χ1v) is 6.08. The quantitative estimate of drug-likeness (QED) is 0.682. The number of hydrogen-bond donors (Lipinski definition) is 0. The fourth-order valence-corrected chi connectivity index (χ4v) is 2.19. The molecule has 1 rings (SSSR count). The summed E-state index contributed by atoms with van der Waals surface area (Å²) in [5, 5.41) is 1.14. The minimum atomic E-state index is 0.834. The molecule has 0 fully saturated rings. The molecule has 0 N–H and O–H groups in total. The van der Waals surface area contributed by atoms with Gasteiger partial charge in [-0.15, -0.1) is 0 Å². The molecule has 0 heterocycles. The topological polar surface area (TPSA) is 0 Å². The molecule has 1 heteroatoms. The maximum Gasteiger partial charge on any atom is 0.00596 e. The third kappa shape index (κ3) is 3.95. The van der Waals surface area contributed by atoms with E-state index in [4.69, 9.17) is 0 Å². The highest BCUT2D eigenvalue weighted by Gasteiger charge is 2.03. The van der Waals surface area contributed by atoms with Crippen molar-refractivity contribution in [1.29, 1.82) is 0 Å². The van der Waals surface area contributed by atoms with E-state index in [1.165, 1.54) is 24.8 Å². The molecule has 0 bridgehead atoms. The van der Waals surface area contributed by atoms with Crippen LogP contribution in [0.1, 0.15) is 25.3 Å². The first kappa shape index (κ1) is 10.8. The van der Waals surface area contributed by atoms with Gasteiger partial charge in [-0.3, -0.25) is 0 Å². The summed E-state index contributed by atoms with van der Waals surface area (Å²) >= 11 is 3.55. The zero-order valence-electron chi connectivity index (χ0n) is 8.17. The van der Waals surface area contributed by atoms with Gasteiger partial charge in [-0.1, -0.05) is 59.6 Å². The van der Waals surface area contributed by atoms with E-state index in [1.807, 2.05) is 0 Å². The molecule has 0 nitrogen and oxygen atoms in total. The minimum absolute atomic E-state index is 0.834. The first-order valence-electron chi connectivity index (χ1n) is 4.96. The average molecular weight is 241 g/mol. The van der Waals surface area contributed by atoms with Gasteiger partial charge in [0.2, 0.25) is 0 Å². The zero-order valence-corrected chi connectivity index (χ0v) is 9.76. The summed E-state index contributed by atoms with van der Waals surface area (Å²) in [4.78, 5) is 0. The van der Waals surface area contributed by atoms with Gasteiger partial charge in [0.1, 0.15) is 0 Å². The summed E-state index contributed by atoms with van der Waals surface area (Å²) < 4.78 is 0. The van der Waals surface area contributed by atoms with E-state index in [0.717, 1.165) is 11.2 Å². The number of alkyl halides is 1. The Morgan fingerprint density at radius 3 is 2.46 bits per heavy atom. The van der Waals surface area contributed by atoms with Crippen molar-refractivity contribution in [2.45, 2.75) is 26.2 Å². The van der Waals surface area contributed by atoms with E-state index in [0.29, 0.717) is 0 Å². The molecule has 0 saturated carbocycles. The standard InChI is InChI=1S/C12H17Br/c1-2-11(10-13)8-9-12-6-4-3-5-7-12/h3-7,11H,2,8-10H2,1H3/t11-/m1/s1. The van der Waals surface area contributed by atoms with Crippen molar-refractivity contribution in [3.63, 3.8) is 0 Å². The van der Waals surface area contributed by atoms with E-state index in [9.17, 15) is 0 Å². The second-order valence-corrected chi connectivity index (χ2v) is 4.10. The lowest BCUT2D eigenvalue weighted by Gasteiger charge is -2.10. The van der Waals surface area contributed by atoms with Crippen molar-refractivity contribution in [3.05, 3.63) is 35.9 Å². The van der Waals surface area contributed by atoms with Crippen LogP contribution in [-0.4, -0.2) is 5.33 Å². The van der Waals surface area contributed by atoms with Crippen molar-refractivity contribution in [2.75, 3.05) is 5.33 Å². The predicted octanol–water partition coefficient (Wildman–Crippen LogP) is 4.04. The number of rotatable bonds is 5.